The molecule has 1 N–H and O–H groups in total. The molecule has 3 rings (SSSR count). The van der Waals surface area contributed by atoms with Gasteiger partial charge in [-0.2, -0.15) is 5.10 Å². The van der Waals surface area contributed by atoms with Crippen LogP contribution in [0.4, 0.5) is 4.39 Å². The van der Waals surface area contributed by atoms with Gasteiger partial charge in [0, 0.05) is 25.0 Å². The average molecular weight is 304 g/mol. The van der Waals surface area contributed by atoms with Gasteiger partial charge in [0.25, 0.3) is 0 Å². The number of rotatable bonds is 4. The Hall–Kier alpha value is -2.21. The van der Waals surface area contributed by atoms with E-state index in [1.165, 1.54) is 6.07 Å². The molecule has 0 atom stereocenters. The van der Waals surface area contributed by atoms with Crippen LogP contribution in [0, 0.1) is 5.82 Å². The number of carboxylic acid groups (broad SMARTS) is 1. The van der Waals surface area contributed by atoms with Crippen LogP contribution < -0.4 is 0 Å². The number of halogens is 1. The predicted molar refractivity (Wildman–Crippen MR) is 78.1 cm³/mol. The van der Waals surface area contributed by atoms with Crippen LogP contribution in [-0.4, -0.2) is 34.1 Å². The smallest absolute Gasteiger partial charge is 0.307 e. The first kappa shape index (κ1) is 14.7. The normalized spacial score (nSPS) is 15.9. The minimum atomic E-state index is -1.05. The van der Waals surface area contributed by atoms with Crippen molar-refractivity contribution in [3.63, 3.8) is 0 Å². The summed E-state index contributed by atoms with van der Waals surface area (Å²) in [5.41, 5.74) is 1.82. The molecule has 5 nitrogen and oxygen atoms in total. The molecule has 2 heterocycles. The van der Waals surface area contributed by atoms with E-state index >= 15 is 0 Å². The zero-order valence-corrected chi connectivity index (χ0v) is 12.0. The molecule has 116 valence electrons. The van der Waals surface area contributed by atoms with Gasteiger partial charge >= 0.3 is 5.97 Å². The summed E-state index contributed by atoms with van der Waals surface area (Å²) in [5.74, 6) is -1.54. The number of nitrogens with zero attached hydrogens (tertiary/aromatic N) is 2. The molecule has 1 aromatic carbocycles. The SMILES string of the molecule is O=C(O)Cc1cc(-c2cnn(C3CCOCC3)c2)ccc1F. The Morgan fingerprint density at radius 3 is 2.86 bits per heavy atom. The van der Waals surface area contributed by atoms with E-state index in [9.17, 15) is 9.18 Å². The molecule has 1 saturated heterocycles. The third kappa shape index (κ3) is 3.17. The van der Waals surface area contributed by atoms with Crippen LogP contribution in [0.2, 0.25) is 0 Å². The van der Waals surface area contributed by atoms with Crippen molar-refractivity contribution in [2.45, 2.75) is 25.3 Å². The van der Waals surface area contributed by atoms with Gasteiger partial charge in [-0.05, 0) is 36.1 Å². The molecule has 1 aliphatic rings. The van der Waals surface area contributed by atoms with E-state index in [2.05, 4.69) is 5.10 Å². The summed E-state index contributed by atoms with van der Waals surface area (Å²) in [6, 6.07) is 4.85. The van der Waals surface area contributed by atoms with Gasteiger partial charge < -0.3 is 9.84 Å². The van der Waals surface area contributed by atoms with Gasteiger partial charge in [0.05, 0.1) is 18.7 Å². The minimum absolute atomic E-state index is 0.184. The first-order valence-electron chi connectivity index (χ1n) is 7.26. The first-order valence-corrected chi connectivity index (χ1v) is 7.26. The second-order valence-electron chi connectivity index (χ2n) is 5.43. The topological polar surface area (TPSA) is 64.3 Å². The number of hydrogen-bond acceptors (Lipinski definition) is 3. The molecule has 0 saturated carbocycles. The number of aliphatic carboxylic acids is 1. The van der Waals surface area contributed by atoms with Crippen LogP contribution in [0.3, 0.4) is 0 Å². The van der Waals surface area contributed by atoms with Gasteiger partial charge in [0.1, 0.15) is 5.82 Å². The maximum absolute atomic E-state index is 13.6. The summed E-state index contributed by atoms with van der Waals surface area (Å²) in [5, 5.41) is 13.2. The van der Waals surface area contributed by atoms with E-state index < -0.39 is 11.8 Å². The van der Waals surface area contributed by atoms with E-state index in [1.54, 1.807) is 18.3 Å². The van der Waals surface area contributed by atoms with Crippen molar-refractivity contribution >= 4 is 5.97 Å². The van der Waals surface area contributed by atoms with Gasteiger partial charge in [-0.25, -0.2) is 4.39 Å². The molecule has 2 aromatic rings. The Morgan fingerprint density at radius 1 is 1.36 bits per heavy atom. The van der Waals surface area contributed by atoms with Crippen LogP contribution in [0.15, 0.2) is 30.6 Å². The Kier molecular flexibility index (Phi) is 4.20. The van der Waals surface area contributed by atoms with Crippen molar-refractivity contribution in [1.29, 1.82) is 0 Å². The zero-order valence-electron chi connectivity index (χ0n) is 12.0. The summed E-state index contributed by atoms with van der Waals surface area (Å²) >= 11 is 0. The number of aromatic nitrogens is 2. The number of carbonyl (C=O) groups is 1. The molecule has 1 aliphatic heterocycles. The third-order valence-electron chi connectivity index (χ3n) is 3.89. The highest BCUT2D eigenvalue weighted by Crippen LogP contribution is 2.26. The summed E-state index contributed by atoms with van der Waals surface area (Å²) in [4.78, 5) is 10.8. The van der Waals surface area contributed by atoms with Gasteiger partial charge in [-0.3, -0.25) is 9.48 Å². The van der Waals surface area contributed by atoms with Gasteiger partial charge in [0.15, 0.2) is 0 Å². The molecule has 6 heteroatoms. The van der Waals surface area contributed by atoms with E-state index in [1.807, 2.05) is 10.9 Å². The molecule has 1 aromatic heterocycles. The maximum Gasteiger partial charge on any atom is 0.307 e. The number of hydrogen-bond donors (Lipinski definition) is 1. The molecule has 0 radical (unpaired) electrons. The number of benzene rings is 1. The van der Waals surface area contributed by atoms with E-state index in [0.29, 0.717) is 6.04 Å². The lowest BCUT2D eigenvalue weighted by atomic mass is 10.0. The minimum Gasteiger partial charge on any atom is -0.481 e. The van der Waals surface area contributed by atoms with Crippen molar-refractivity contribution < 1.29 is 19.0 Å². The fourth-order valence-electron chi connectivity index (χ4n) is 2.69. The second-order valence-corrected chi connectivity index (χ2v) is 5.43. The maximum atomic E-state index is 13.6. The Bertz CT molecular complexity index is 678. The number of ether oxygens (including phenoxy) is 1. The molecule has 0 amide bonds. The van der Waals surface area contributed by atoms with Gasteiger partial charge in [0.2, 0.25) is 0 Å². The van der Waals surface area contributed by atoms with E-state index in [4.69, 9.17) is 9.84 Å². The van der Waals surface area contributed by atoms with Crippen LogP contribution in [0.25, 0.3) is 11.1 Å². The van der Waals surface area contributed by atoms with Crippen molar-refractivity contribution in [3.8, 4) is 11.1 Å². The molecule has 0 bridgehead atoms. The second kappa shape index (κ2) is 6.27. The van der Waals surface area contributed by atoms with Crippen molar-refractivity contribution in [2.24, 2.45) is 0 Å². The summed E-state index contributed by atoms with van der Waals surface area (Å²) < 4.78 is 20.9. The molecular formula is C16H17FN2O3. The first-order chi connectivity index (χ1) is 10.6. The largest absolute Gasteiger partial charge is 0.481 e. The Morgan fingerprint density at radius 2 is 2.14 bits per heavy atom. The lowest BCUT2D eigenvalue weighted by Crippen LogP contribution is -2.19. The molecule has 1 fully saturated rings. The fraction of sp³-hybridized carbons (Fsp3) is 0.375. The molecular weight excluding hydrogens is 287 g/mol. The highest BCUT2D eigenvalue weighted by molar-refractivity contribution is 5.72. The predicted octanol–water partition coefficient (Wildman–Crippen LogP) is 2.67. The van der Waals surface area contributed by atoms with Crippen LogP contribution in [-0.2, 0) is 16.0 Å². The molecule has 0 aliphatic carbocycles. The summed E-state index contributed by atoms with van der Waals surface area (Å²) in [6.45, 7) is 1.47. The highest BCUT2D eigenvalue weighted by atomic mass is 19.1. The average Bonchev–Trinajstić information content (AvgIpc) is 3.00. The molecule has 0 spiro atoms. The lowest BCUT2D eigenvalue weighted by Gasteiger charge is -2.22. The monoisotopic (exact) mass is 304 g/mol. The molecule has 22 heavy (non-hydrogen) atoms. The summed E-state index contributed by atoms with van der Waals surface area (Å²) in [7, 11) is 0. The zero-order chi connectivity index (χ0) is 15.5. The molecule has 0 unspecified atom stereocenters. The number of carboxylic acids is 1. The fourth-order valence-corrected chi connectivity index (χ4v) is 2.69. The lowest BCUT2D eigenvalue weighted by molar-refractivity contribution is -0.136. The summed E-state index contributed by atoms with van der Waals surface area (Å²) in [6.07, 6.45) is 5.18. The van der Waals surface area contributed by atoms with E-state index in [-0.39, 0.29) is 12.0 Å². The standard InChI is InChI=1S/C16H17FN2O3/c17-15-2-1-11(7-12(15)8-16(20)21)13-9-18-19(10-13)14-3-5-22-6-4-14/h1-2,7,9-10,14H,3-6,8H2,(H,20,21). The van der Waals surface area contributed by atoms with Crippen LogP contribution in [0.1, 0.15) is 24.4 Å². The van der Waals surface area contributed by atoms with Crippen molar-refractivity contribution in [2.75, 3.05) is 13.2 Å². The highest BCUT2D eigenvalue weighted by Gasteiger charge is 2.17. The van der Waals surface area contributed by atoms with Crippen molar-refractivity contribution in [3.05, 3.63) is 42.0 Å². The Balaban J connectivity index is 1.84. The van der Waals surface area contributed by atoms with Crippen molar-refractivity contribution in [1.82, 2.24) is 9.78 Å². The van der Waals surface area contributed by atoms with E-state index in [0.717, 1.165) is 37.2 Å². The van der Waals surface area contributed by atoms with Crippen LogP contribution in [0.5, 0.6) is 0 Å². The Labute approximate surface area is 127 Å². The van der Waals surface area contributed by atoms with Crippen LogP contribution >= 0.6 is 0 Å². The van der Waals surface area contributed by atoms with Gasteiger partial charge in [-0.1, -0.05) is 6.07 Å². The van der Waals surface area contributed by atoms with Gasteiger partial charge in [-0.15, -0.1) is 0 Å². The quantitative estimate of drug-likeness (QED) is 0.943. The third-order valence-corrected chi connectivity index (χ3v) is 3.89.